The van der Waals surface area contributed by atoms with Gasteiger partial charge in [0.15, 0.2) is 0 Å². The van der Waals surface area contributed by atoms with Gasteiger partial charge in [-0.15, -0.1) is 0 Å². The maximum atomic E-state index is 12.1. The van der Waals surface area contributed by atoms with Crippen molar-refractivity contribution in [2.45, 2.75) is 26.7 Å². The van der Waals surface area contributed by atoms with Crippen LogP contribution >= 0.6 is 15.9 Å². The van der Waals surface area contributed by atoms with Crippen LogP contribution in [0, 0.1) is 5.41 Å². The number of hydrogen-bond acceptors (Lipinski definition) is 2. The Bertz CT molecular complexity index is 415. The molecule has 1 aromatic carbocycles. The monoisotopic (exact) mass is 326 g/mol. The molecule has 1 amide bonds. The second-order valence-corrected chi connectivity index (χ2v) is 6.65. The van der Waals surface area contributed by atoms with Crippen molar-refractivity contribution in [2.24, 2.45) is 11.1 Å². The Labute approximate surface area is 124 Å². The van der Waals surface area contributed by atoms with Crippen LogP contribution in [0.1, 0.15) is 25.8 Å². The van der Waals surface area contributed by atoms with Crippen LogP contribution in [-0.4, -0.2) is 30.9 Å². The van der Waals surface area contributed by atoms with Crippen molar-refractivity contribution in [2.75, 3.05) is 20.1 Å². The van der Waals surface area contributed by atoms with E-state index < -0.39 is 0 Å². The molecular formula is C15H23BrN2O. The van der Waals surface area contributed by atoms with Gasteiger partial charge in [-0.25, -0.2) is 0 Å². The number of likely N-dealkylation sites (N-methyl/N-ethyl adjacent to an activating group) is 1. The highest BCUT2D eigenvalue weighted by Crippen LogP contribution is 2.19. The first-order valence-corrected chi connectivity index (χ1v) is 7.32. The second-order valence-electron chi connectivity index (χ2n) is 5.74. The first kappa shape index (κ1) is 16.2. The summed E-state index contributed by atoms with van der Waals surface area (Å²) in [5, 5.41) is 0. The molecule has 1 aromatic rings. The largest absolute Gasteiger partial charge is 0.345 e. The quantitative estimate of drug-likeness (QED) is 0.873. The number of amides is 1. The molecule has 0 aliphatic rings. The zero-order valence-electron chi connectivity index (χ0n) is 11.9. The van der Waals surface area contributed by atoms with Crippen LogP contribution in [0.2, 0.25) is 0 Å². The molecule has 0 aliphatic heterocycles. The summed E-state index contributed by atoms with van der Waals surface area (Å²) >= 11 is 3.41. The molecule has 1 rings (SSSR count). The first-order valence-electron chi connectivity index (χ1n) is 6.52. The Kier molecular flexibility index (Phi) is 6.01. The van der Waals surface area contributed by atoms with E-state index in [0.717, 1.165) is 17.4 Å². The third kappa shape index (κ3) is 5.74. The fraction of sp³-hybridized carbons (Fsp3) is 0.533. The minimum absolute atomic E-state index is 0.122. The van der Waals surface area contributed by atoms with Gasteiger partial charge in [0.1, 0.15) is 0 Å². The second kappa shape index (κ2) is 7.06. The normalized spacial score (nSPS) is 11.4. The Hall–Kier alpha value is -0.870. The number of hydrogen-bond donors (Lipinski definition) is 1. The third-order valence-corrected chi connectivity index (χ3v) is 3.79. The van der Waals surface area contributed by atoms with Gasteiger partial charge < -0.3 is 10.6 Å². The van der Waals surface area contributed by atoms with Gasteiger partial charge in [-0.05, 0) is 36.1 Å². The van der Waals surface area contributed by atoms with Gasteiger partial charge in [0, 0.05) is 24.5 Å². The van der Waals surface area contributed by atoms with Gasteiger partial charge in [0.2, 0.25) is 5.91 Å². The van der Waals surface area contributed by atoms with Crippen molar-refractivity contribution in [1.29, 1.82) is 0 Å². The molecular weight excluding hydrogens is 304 g/mol. The van der Waals surface area contributed by atoms with E-state index in [4.69, 9.17) is 5.73 Å². The summed E-state index contributed by atoms with van der Waals surface area (Å²) in [6.07, 6.45) is 1.37. The van der Waals surface area contributed by atoms with Gasteiger partial charge in [-0.3, -0.25) is 4.79 Å². The number of carbonyl (C=O) groups is 1. The number of nitrogens with zero attached hydrogens (tertiary/aromatic N) is 1. The zero-order valence-corrected chi connectivity index (χ0v) is 13.5. The fourth-order valence-electron chi connectivity index (χ4n) is 1.69. The molecule has 0 saturated carbocycles. The minimum Gasteiger partial charge on any atom is -0.345 e. The molecule has 0 fully saturated rings. The van der Waals surface area contributed by atoms with Crippen LogP contribution in [0.15, 0.2) is 28.7 Å². The summed E-state index contributed by atoms with van der Waals surface area (Å²) in [5.41, 5.74) is 6.77. The predicted molar refractivity (Wildman–Crippen MR) is 82.9 cm³/mol. The molecule has 0 atom stereocenters. The molecule has 106 valence electrons. The Morgan fingerprint density at radius 1 is 1.32 bits per heavy atom. The SMILES string of the molecule is CN(CCc1ccc(Br)cc1)C(=O)CC(C)(C)CN. The maximum Gasteiger partial charge on any atom is 0.222 e. The van der Waals surface area contributed by atoms with E-state index in [0.29, 0.717) is 13.0 Å². The van der Waals surface area contributed by atoms with E-state index in [2.05, 4.69) is 28.1 Å². The van der Waals surface area contributed by atoms with Crippen LogP contribution in [0.5, 0.6) is 0 Å². The Morgan fingerprint density at radius 2 is 1.89 bits per heavy atom. The number of nitrogens with two attached hydrogens (primary N) is 1. The van der Waals surface area contributed by atoms with Gasteiger partial charge in [0.05, 0.1) is 0 Å². The lowest BCUT2D eigenvalue weighted by atomic mass is 9.89. The number of rotatable bonds is 6. The molecule has 0 radical (unpaired) electrons. The van der Waals surface area contributed by atoms with Crippen LogP contribution in [0.4, 0.5) is 0 Å². The molecule has 4 heteroatoms. The highest BCUT2D eigenvalue weighted by Gasteiger charge is 2.22. The Morgan fingerprint density at radius 3 is 2.42 bits per heavy atom. The molecule has 19 heavy (non-hydrogen) atoms. The Balaban J connectivity index is 2.44. The van der Waals surface area contributed by atoms with Crippen LogP contribution in [0.3, 0.4) is 0 Å². The van der Waals surface area contributed by atoms with Crippen LogP contribution < -0.4 is 5.73 Å². The van der Waals surface area contributed by atoms with Gasteiger partial charge in [-0.1, -0.05) is 41.9 Å². The summed E-state index contributed by atoms with van der Waals surface area (Å²) in [4.78, 5) is 13.8. The van der Waals surface area contributed by atoms with E-state index in [-0.39, 0.29) is 11.3 Å². The maximum absolute atomic E-state index is 12.1. The van der Waals surface area contributed by atoms with Crippen molar-refractivity contribution in [1.82, 2.24) is 4.90 Å². The number of benzene rings is 1. The van der Waals surface area contributed by atoms with Crippen LogP contribution in [0.25, 0.3) is 0 Å². The molecule has 0 saturated heterocycles. The van der Waals surface area contributed by atoms with E-state index in [1.54, 1.807) is 4.90 Å². The third-order valence-electron chi connectivity index (χ3n) is 3.26. The lowest BCUT2D eigenvalue weighted by Crippen LogP contribution is -2.35. The lowest BCUT2D eigenvalue weighted by molar-refractivity contribution is -0.131. The summed E-state index contributed by atoms with van der Waals surface area (Å²) < 4.78 is 1.07. The first-order chi connectivity index (χ1) is 8.84. The average Bonchev–Trinajstić information content (AvgIpc) is 2.37. The van der Waals surface area contributed by atoms with Crippen molar-refractivity contribution < 1.29 is 4.79 Å². The van der Waals surface area contributed by atoms with E-state index in [1.165, 1.54) is 5.56 Å². The molecule has 0 bridgehead atoms. The highest BCUT2D eigenvalue weighted by molar-refractivity contribution is 9.10. The van der Waals surface area contributed by atoms with Crippen molar-refractivity contribution in [3.8, 4) is 0 Å². The summed E-state index contributed by atoms with van der Waals surface area (Å²) in [6.45, 7) is 5.31. The minimum atomic E-state index is -0.122. The summed E-state index contributed by atoms with van der Waals surface area (Å²) in [7, 11) is 1.85. The summed E-state index contributed by atoms with van der Waals surface area (Å²) in [6, 6.07) is 8.20. The smallest absolute Gasteiger partial charge is 0.222 e. The zero-order chi connectivity index (χ0) is 14.5. The standard InChI is InChI=1S/C15H23BrN2O/c1-15(2,11-17)10-14(19)18(3)9-8-12-4-6-13(16)7-5-12/h4-7H,8-11,17H2,1-3H3. The van der Waals surface area contributed by atoms with Gasteiger partial charge in [-0.2, -0.15) is 0 Å². The number of halogens is 1. The highest BCUT2D eigenvalue weighted by atomic mass is 79.9. The molecule has 2 N–H and O–H groups in total. The fourth-order valence-corrected chi connectivity index (χ4v) is 1.95. The topological polar surface area (TPSA) is 46.3 Å². The predicted octanol–water partition coefficient (Wildman–Crippen LogP) is 2.83. The molecule has 0 unspecified atom stereocenters. The molecule has 0 aliphatic carbocycles. The number of carbonyl (C=O) groups excluding carboxylic acids is 1. The van der Waals surface area contributed by atoms with E-state index in [1.807, 2.05) is 33.0 Å². The summed E-state index contributed by atoms with van der Waals surface area (Å²) in [5.74, 6) is 0.160. The van der Waals surface area contributed by atoms with Crippen molar-refractivity contribution >= 4 is 21.8 Å². The van der Waals surface area contributed by atoms with Gasteiger partial charge >= 0.3 is 0 Å². The van der Waals surface area contributed by atoms with Crippen molar-refractivity contribution in [3.63, 3.8) is 0 Å². The molecule has 3 nitrogen and oxygen atoms in total. The van der Waals surface area contributed by atoms with Crippen molar-refractivity contribution in [3.05, 3.63) is 34.3 Å². The van der Waals surface area contributed by atoms with E-state index in [9.17, 15) is 4.79 Å². The van der Waals surface area contributed by atoms with E-state index >= 15 is 0 Å². The molecule has 0 spiro atoms. The molecule has 0 heterocycles. The lowest BCUT2D eigenvalue weighted by Gasteiger charge is -2.25. The van der Waals surface area contributed by atoms with Gasteiger partial charge in [0.25, 0.3) is 0 Å². The van der Waals surface area contributed by atoms with Crippen LogP contribution in [-0.2, 0) is 11.2 Å². The molecule has 0 aromatic heterocycles. The average molecular weight is 327 g/mol.